The summed E-state index contributed by atoms with van der Waals surface area (Å²) in [6.45, 7) is 3.94. The standard InChI is InChI=1S/C22H24F3NO4/c1-14-5-6-17(8-16(10-27)19(14)9-18-12-28-13-30-18)29-11-15(2)21-20(22(23,24)25)4-3-7-26-21/h3-7,9,11,16-17,27H,8,10,12-13H2,1-2H3/b15-11+,18-9+. The summed E-state index contributed by atoms with van der Waals surface area (Å²) in [6.07, 6.45) is 3.75. The van der Waals surface area contributed by atoms with Gasteiger partial charge in [-0.15, -0.1) is 0 Å². The van der Waals surface area contributed by atoms with Crippen LogP contribution in [0.3, 0.4) is 0 Å². The van der Waals surface area contributed by atoms with Crippen LogP contribution in [0, 0.1) is 5.92 Å². The van der Waals surface area contributed by atoms with Crippen LogP contribution in [-0.4, -0.2) is 36.2 Å². The zero-order valence-electron chi connectivity index (χ0n) is 16.8. The maximum Gasteiger partial charge on any atom is 0.418 e. The molecule has 0 spiro atoms. The molecule has 1 aliphatic heterocycles. The second kappa shape index (κ2) is 9.49. The van der Waals surface area contributed by atoms with E-state index in [2.05, 4.69) is 4.98 Å². The van der Waals surface area contributed by atoms with Crippen molar-refractivity contribution in [1.82, 2.24) is 4.98 Å². The lowest BCUT2D eigenvalue weighted by Gasteiger charge is -2.20. The fraction of sp³-hybridized carbons (Fsp3) is 0.409. The maximum atomic E-state index is 13.2. The summed E-state index contributed by atoms with van der Waals surface area (Å²) in [5, 5.41) is 9.91. The first-order valence-electron chi connectivity index (χ1n) is 9.55. The van der Waals surface area contributed by atoms with Gasteiger partial charge in [-0.25, -0.2) is 0 Å². The average molecular weight is 423 g/mol. The number of aliphatic hydroxyl groups is 1. The third kappa shape index (κ3) is 5.31. The number of pyridine rings is 1. The van der Waals surface area contributed by atoms with E-state index in [1.807, 2.05) is 25.2 Å². The lowest BCUT2D eigenvalue weighted by Crippen LogP contribution is -2.17. The minimum atomic E-state index is -4.50. The Morgan fingerprint density at radius 2 is 2.20 bits per heavy atom. The van der Waals surface area contributed by atoms with E-state index in [0.717, 1.165) is 17.2 Å². The molecule has 0 aromatic carbocycles. The highest BCUT2D eigenvalue weighted by Crippen LogP contribution is 2.34. The van der Waals surface area contributed by atoms with Crippen molar-refractivity contribution in [2.24, 2.45) is 5.92 Å². The maximum absolute atomic E-state index is 13.2. The third-order valence-corrected chi connectivity index (χ3v) is 4.99. The first kappa shape index (κ1) is 22.1. The van der Waals surface area contributed by atoms with Gasteiger partial charge in [0.05, 0.1) is 24.1 Å². The van der Waals surface area contributed by atoms with Crippen LogP contribution in [0.2, 0.25) is 0 Å². The fourth-order valence-electron chi connectivity index (χ4n) is 3.41. The minimum absolute atomic E-state index is 0.0972. The Balaban J connectivity index is 1.76. The number of hydrogen-bond donors (Lipinski definition) is 1. The van der Waals surface area contributed by atoms with Gasteiger partial charge >= 0.3 is 6.18 Å². The van der Waals surface area contributed by atoms with Crippen LogP contribution in [0.5, 0.6) is 0 Å². The van der Waals surface area contributed by atoms with Crippen LogP contribution in [0.15, 0.2) is 59.7 Å². The molecule has 0 radical (unpaired) electrons. The average Bonchev–Trinajstić information content (AvgIpc) is 3.18. The van der Waals surface area contributed by atoms with Crippen molar-refractivity contribution in [2.75, 3.05) is 20.0 Å². The van der Waals surface area contributed by atoms with Gasteiger partial charge < -0.3 is 19.3 Å². The molecule has 1 aliphatic carbocycles. The molecular weight excluding hydrogens is 399 g/mol. The van der Waals surface area contributed by atoms with Crippen LogP contribution in [0.4, 0.5) is 13.2 Å². The highest BCUT2D eigenvalue weighted by molar-refractivity contribution is 5.62. The van der Waals surface area contributed by atoms with E-state index in [1.54, 1.807) is 0 Å². The summed E-state index contributed by atoms with van der Waals surface area (Å²) in [5.74, 6) is 0.483. The highest BCUT2D eigenvalue weighted by Gasteiger charge is 2.34. The first-order chi connectivity index (χ1) is 14.3. The van der Waals surface area contributed by atoms with Crippen LogP contribution >= 0.6 is 0 Å². The molecule has 1 saturated heterocycles. The van der Waals surface area contributed by atoms with E-state index in [4.69, 9.17) is 14.2 Å². The molecule has 3 rings (SSSR count). The molecule has 8 heteroatoms. The molecular formula is C22H24F3NO4. The number of halogens is 3. The quantitative estimate of drug-likeness (QED) is 0.701. The van der Waals surface area contributed by atoms with Gasteiger partial charge in [0.25, 0.3) is 0 Å². The molecule has 0 amide bonds. The van der Waals surface area contributed by atoms with Crippen LogP contribution in [0.1, 0.15) is 31.5 Å². The van der Waals surface area contributed by atoms with E-state index < -0.39 is 17.8 Å². The van der Waals surface area contributed by atoms with E-state index in [1.165, 1.54) is 25.4 Å². The lowest BCUT2D eigenvalue weighted by atomic mass is 9.92. The lowest BCUT2D eigenvalue weighted by molar-refractivity contribution is -0.138. The van der Waals surface area contributed by atoms with Gasteiger partial charge in [-0.05, 0) is 55.7 Å². The Labute approximate surface area is 173 Å². The molecule has 2 aliphatic rings. The number of aliphatic hydroxyl groups excluding tert-OH is 1. The number of aromatic nitrogens is 1. The fourth-order valence-corrected chi connectivity index (χ4v) is 3.41. The molecule has 2 unspecified atom stereocenters. The molecule has 1 aromatic rings. The predicted octanol–water partition coefficient (Wildman–Crippen LogP) is 4.62. The molecule has 2 heterocycles. The summed E-state index contributed by atoms with van der Waals surface area (Å²) in [4.78, 5) is 3.87. The Morgan fingerprint density at radius 3 is 2.87 bits per heavy atom. The van der Waals surface area contributed by atoms with E-state index >= 15 is 0 Å². The zero-order valence-corrected chi connectivity index (χ0v) is 16.8. The summed E-state index contributed by atoms with van der Waals surface area (Å²) in [7, 11) is 0. The van der Waals surface area contributed by atoms with Crippen molar-refractivity contribution in [3.63, 3.8) is 0 Å². The van der Waals surface area contributed by atoms with Crippen molar-refractivity contribution < 1.29 is 32.5 Å². The third-order valence-electron chi connectivity index (χ3n) is 4.99. The normalized spacial score (nSPS) is 24.2. The Hall–Kier alpha value is -2.58. The second-order valence-electron chi connectivity index (χ2n) is 7.21. The molecule has 0 saturated carbocycles. The van der Waals surface area contributed by atoms with E-state index in [0.29, 0.717) is 18.8 Å². The van der Waals surface area contributed by atoms with Gasteiger partial charge in [0, 0.05) is 17.7 Å². The monoisotopic (exact) mass is 423 g/mol. The Kier molecular flexibility index (Phi) is 6.99. The molecule has 5 nitrogen and oxygen atoms in total. The Bertz CT molecular complexity index is 879. The summed E-state index contributed by atoms with van der Waals surface area (Å²) < 4.78 is 56.0. The molecule has 1 fully saturated rings. The smallest absolute Gasteiger partial charge is 0.418 e. The minimum Gasteiger partial charge on any atom is -0.494 e. The van der Waals surface area contributed by atoms with E-state index in [9.17, 15) is 18.3 Å². The SMILES string of the molecule is CC1=C(/C=C2\COCO2)C(CO)CC(O/C=C(\C)c2ncccc2C(F)(F)F)C=C1. The zero-order chi connectivity index (χ0) is 21.7. The molecule has 162 valence electrons. The van der Waals surface area contributed by atoms with E-state index in [-0.39, 0.29) is 30.6 Å². The van der Waals surface area contributed by atoms with Crippen molar-refractivity contribution in [1.29, 1.82) is 0 Å². The van der Waals surface area contributed by atoms with Crippen molar-refractivity contribution >= 4 is 5.57 Å². The van der Waals surface area contributed by atoms with Crippen LogP contribution < -0.4 is 0 Å². The first-order valence-corrected chi connectivity index (χ1v) is 9.55. The van der Waals surface area contributed by atoms with Gasteiger partial charge in [0.15, 0.2) is 6.79 Å². The molecule has 2 atom stereocenters. The van der Waals surface area contributed by atoms with Crippen molar-refractivity contribution in [3.8, 4) is 0 Å². The molecule has 30 heavy (non-hydrogen) atoms. The van der Waals surface area contributed by atoms with Gasteiger partial charge in [0.1, 0.15) is 18.5 Å². The topological polar surface area (TPSA) is 60.8 Å². The second-order valence-corrected chi connectivity index (χ2v) is 7.21. The van der Waals surface area contributed by atoms with Crippen molar-refractivity contribution in [2.45, 2.75) is 32.5 Å². The summed E-state index contributed by atoms with van der Waals surface area (Å²) in [6, 6.07) is 2.25. The number of hydrogen-bond acceptors (Lipinski definition) is 5. The Morgan fingerprint density at radius 1 is 1.40 bits per heavy atom. The molecule has 1 aromatic heterocycles. The number of allylic oxidation sites excluding steroid dienone is 4. The number of nitrogens with zero attached hydrogens (tertiary/aromatic N) is 1. The van der Waals surface area contributed by atoms with Gasteiger partial charge in [0.2, 0.25) is 0 Å². The van der Waals surface area contributed by atoms with Crippen LogP contribution in [-0.2, 0) is 20.4 Å². The summed E-state index contributed by atoms with van der Waals surface area (Å²) >= 11 is 0. The predicted molar refractivity (Wildman–Crippen MR) is 105 cm³/mol. The number of alkyl halides is 3. The van der Waals surface area contributed by atoms with Gasteiger partial charge in [-0.1, -0.05) is 6.08 Å². The number of rotatable bonds is 5. The number of ether oxygens (including phenoxy) is 3. The van der Waals surface area contributed by atoms with Crippen molar-refractivity contribution in [3.05, 3.63) is 71.0 Å². The van der Waals surface area contributed by atoms with Crippen LogP contribution in [0.25, 0.3) is 5.57 Å². The highest BCUT2D eigenvalue weighted by atomic mass is 19.4. The summed E-state index contributed by atoms with van der Waals surface area (Å²) in [5.41, 5.74) is 1.17. The largest absolute Gasteiger partial charge is 0.494 e. The van der Waals surface area contributed by atoms with Gasteiger partial charge in [-0.2, -0.15) is 13.2 Å². The molecule has 1 N–H and O–H groups in total. The molecule has 0 bridgehead atoms. The van der Waals surface area contributed by atoms with Gasteiger partial charge in [-0.3, -0.25) is 4.98 Å².